The molecule has 0 saturated heterocycles. The zero-order chi connectivity index (χ0) is 41.9. The normalized spacial score (nSPS) is 12.1. The number of fused-ring (bicyclic) bond motifs is 17. The van der Waals surface area contributed by atoms with Crippen molar-refractivity contribution in [1.29, 1.82) is 0 Å². The second-order valence-corrected chi connectivity index (χ2v) is 17.1. The fraction of sp³-hybridized carbons (Fsp3) is 0. The molecule has 0 spiro atoms. The van der Waals surface area contributed by atoms with Crippen LogP contribution >= 0.6 is 0 Å². The van der Waals surface area contributed by atoms with E-state index in [4.69, 9.17) is 0 Å². The molecule has 0 aliphatic heterocycles. The molecule has 0 atom stereocenters. The molecular weight excluding hydrogens is 773 g/mol. The molecular formula is C62H38N2. The van der Waals surface area contributed by atoms with Crippen molar-refractivity contribution in [2.45, 2.75) is 0 Å². The van der Waals surface area contributed by atoms with Gasteiger partial charge in [-0.05, 0) is 137 Å². The van der Waals surface area contributed by atoms with E-state index in [1.807, 2.05) is 0 Å². The predicted molar refractivity (Wildman–Crippen MR) is 274 cm³/mol. The number of hydrogen-bond donors (Lipinski definition) is 0. The predicted octanol–water partition coefficient (Wildman–Crippen LogP) is 17.0. The lowest BCUT2D eigenvalue weighted by molar-refractivity contribution is 1.18. The Morgan fingerprint density at radius 3 is 0.984 bits per heavy atom. The summed E-state index contributed by atoms with van der Waals surface area (Å²) >= 11 is 0. The highest BCUT2D eigenvalue weighted by Gasteiger charge is 2.21. The van der Waals surface area contributed by atoms with E-state index >= 15 is 0 Å². The van der Waals surface area contributed by atoms with Crippen LogP contribution in [-0.4, -0.2) is 9.13 Å². The van der Waals surface area contributed by atoms with Gasteiger partial charge in [-0.25, -0.2) is 0 Å². The van der Waals surface area contributed by atoms with Crippen LogP contribution < -0.4 is 0 Å². The molecule has 296 valence electrons. The van der Waals surface area contributed by atoms with Gasteiger partial charge in [-0.15, -0.1) is 0 Å². The maximum absolute atomic E-state index is 2.45. The Kier molecular flexibility index (Phi) is 7.43. The molecule has 0 N–H and O–H groups in total. The maximum atomic E-state index is 2.45. The van der Waals surface area contributed by atoms with Gasteiger partial charge in [0, 0.05) is 32.9 Å². The minimum atomic E-state index is 1.17. The minimum Gasteiger partial charge on any atom is -0.309 e. The highest BCUT2D eigenvalue weighted by atomic mass is 15.0. The van der Waals surface area contributed by atoms with Gasteiger partial charge in [-0.2, -0.15) is 0 Å². The average Bonchev–Trinajstić information content (AvgIpc) is 3.90. The zero-order valence-electron chi connectivity index (χ0n) is 34.8. The quantitative estimate of drug-likeness (QED) is 0.157. The first kappa shape index (κ1) is 35.2. The molecule has 0 saturated carbocycles. The van der Waals surface area contributed by atoms with Crippen LogP contribution in [0.2, 0.25) is 0 Å². The lowest BCUT2D eigenvalue weighted by atomic mass is 9.85. The Morgan fingerprint density at radius 1 is 0.203 bits per heavy atom. The van der Waals surface area contributed by atoms with Gasteiger partial charge < -0.3 is 9.13 Å². The van der Waals surface area contributed by atoms with E-state index in [2.05, 4.69) is 240 Å². The van der Waals surface area contributed by atoms with Crippen LogP contribution in [-0.2, 0) is 0 Å². The summed E-state index contributed by atoms with van der Waals surface area (Å²) < 4.78 is 4.81. The van der Waals surface area contributed by atoms with E-state index in [1.54, 1.807) is 0 Å². The molecule has 0 bridgehead atoms. The first-order valence-corrected chi connectivity index (χ1v) is 22.2. The van der Waals surface area contributed by atoms with Gasteiger partial charge in [0.1, 0.15) is 0 Å². The summed E-state index contributed by atoms with van der Waals surface area (Å²) in [6, 6.07) is 85.2. The fourth-order valence-electron chi connectivity index (χ4n) is 11.2. The molecule has 64 heavy (non-hydrogen) atoms. The summed E-state index contributed by atoms with van der Waals surface area (Å²) in [6.45, 7) is 0. The van der Waals surface area contributed by atoms with E-state index < -0.39 is 0 Å². The average molecular weight is 811 g/mol. The van der Waals surface area contributed by atoms with Crippen LogP contribution in [0.5, 0.6) is 0 Å². The Bertz CT molecular complexity index is 3950. The van der Waals surface area contributed by atoms with E-state index in [9.17, 15) is 0 Å². The molecule has 2 nitrogen and oxygen atoms in total. The Hall–Kier alpha value is -8.46. The smallest absolute Gasteiger partial charge is 0.0547 e. The van der Waals surface area contributed by atoms with E-state index in [0.29, 0.717) is 0 Å². The molecule has 0 aliphatic rings. The summed E-state index contributed by atoms with van der Waals surface area (Å²) in [7, 11) is 0. The van der Waals surface area contributed by atoms with Crippen LogP contribution in [0, 0.1) is 0 Å². The largest absolute Gasteiger partial charge is 0.309 e. The van der Waals surface area contributed by atoms with E-state index in [-0.39, 0.29) is 0 Å². The highest BCUT2D eigenvalue weighted by Crippen LogP contribution is 2.47. The van der Waals surface area contributed by atoms with Gasteiger partial charge in [0.25, 0.3) is 0 Å². The standard InChI is InChI=1S/C62H38N2/c1-3-17-41(18-4-1)63-55-29-13-11-25-51(55)59-43(27-15-31-57(59)63)39-33-35-49-53(37-39)45-21-7-9-23-47(45)62-50-36-34-40(38-54(50)46-22-8-10-24-48(46)61(49)62)44-28-16-32-58-60(44)52-26-12-14-30-56(52)64(58)42-19-5-2-6-20-42/h1-38H. The van der Waals surface area contributed by atoms with Crippen molar-refractivity contribution in [2.75, 3.05) is 0 Å². The Morgan fingerprint density at radius 2 is 0.547 bits per heavy atom. The molecule has 14 aromatic rings. The molecule has 0 aliphatic carbocycles. The molecule has 0 amide bonds. The molecule has 14 rings (SSSR count). The van der Waals surface area contributed by atoms with E-state index in [0.717, 1.165) is 0 Å². The number of hydrogen-bond acceptors (Lipinski definition) is 0. The number of nitrogens with zero attached hydrogens (tertiary/aromatic N) is 2. The molecule has 0 radical (unpaired) electrons. The number of aromatic nitrogens is 2. The van der Waals surface area contributed by atoms with Gasteiger partial charge in [0.15, 0.2) is 0 Å². The first-order chi connectivity index (χ1) is 31.8. The van der Waals surface area contributed by atoms with Gasteiger partial charge in [-0.3, -0.25) is 0 Å². The van der Waals surface area contributed by atoms with Crippen LogP contribution in [0.3, 0.4) is 0 Å². The molecule has 0 unspecified atom stereocenters. The molecule has 2 heterocycles. The van der Waals surface area contributed by atoms with Crippen molar-refractivity contribution in [3.05, 3.63) is 231 Å². The van der Waals surface area contributed by atoms with Crippen molar-refractivity contribution < 1.29 is 0 Å². The van der Waals surface area contributed by atoms with E-state index in [1.165, 1.54) is 131 Å². The second-order valence-electron chi connectivity index (χ2n) is 17.1. The SMILES string of the molecule is c1ccc(-n2c3ccccc3c3c(-c4ccc5c(c4)c4ccccc4c4c6ccc(-c7cccc8c7c7ccccc7n8-c7ccccc7)cc6c6ccccc6c54)cccc32)cc1. The van der Waals surface area contributed by atoms with Crippen LogP contribution in [0.15, 0.2) is 231 Å². The summed E-state index contributed by atoms with van der Waals surface area (Å²) in [4.78, 5) is 0. The van der Waals surface area contributed by atoms with Crippen molar-refractivity contribution >= 4 is 97.5 Å². The third kappa shape index (κ3) is 4.91. The summed E-state index contributed by atoms with van der Waals surface area (Å²) in [6.07, 6.45) is 0. The van der Waals surface area contributed by atoms with Crippen LogP contribution in [0.25, 0.3) is 131 Å². The van der Waals surface area contributed by atoms with Gasteiger partial charge in [0.05, 0.1) is 22.1 Å². The Labute approximate surface area is 369 Å². The zero-order valence-corrected chi connectivity index (χ0v) is 34.8. The van der Waals surface area contributed by atoms with Crippen molar-refractivity contribution in [3.8, 4) is 33.6 Å². The van der Waals surface area contributed by atoms with Crippen molar-refractivity contribution in [2.24, 2.45) is 0 Å². The Balaban J connectivity index is 1.03. The number of rotatable bonds is 4. The number of benzene rings is 12. The van der Waals surface area contributed by atoms with Crippen LogP contribution in [0.1, 0.15) is 0 Å². The summed E-state index contributed by atoms with van der Waals surface area (Å²) in [5.41, 5.74) is 12.1. The third-order valence-corrected chi connectivity index (χ3v) is 13.8. The summed E-state index contributed by atoms with van der Waals surface area (Å²) in [5, 5.41) is 17.9. The topological polar surface area (TPSA) is 9.86 Å². The summed E-state index contributed by atoms with van der Waals surface area (Å²) in [5.74, 6) is 0. The van der Waals surface area contributed by atoms with Crippen molar-refractivity contribution in [3.63, 3.8) is 0 Å². The monoisotopic (exact) mass is 810 g/mol. The van der Waals surface area contributed by atoms with Crippen LogP contribution in [0.4, 0.5) is 0 Å². The van der Waals surface area contributed by atoms with Crippen molar-refractivity contribution in [1.82, 2.24) is 9.13 Å². The highest BCUT2D eigenvalue weighted by molar-refractivity contribution is 6.40. The molecule has 12 aromatic carbocycles. The van der Waals surface area contributed by atoms with Gasteiger partial charge in [-0.1, -0.05) is 170 Å². The molecule has 2 heteroatoms. The van der Waals surface area contributed by atoms with Gasteiger partial charge in [0.2, 0.25) is 0 Å². The van der Waals surface area contributed by atoms with Gasteiger partial charge >= 0.3 is 0 Å². The second kappa shape index (κ2) is 13.5. The minimum absolute atomic E-state index is 1.17. The molecule has 0 fully saturated rings. The molecule has 2 aromatic heterocycles. The first-order valence-electron chi connectivity index (χ1n) is 22.2. The maximum Gasteiger partial charge on any atom is 0.0547 e. The lowest BCUT2D eigenvalue weighted by Crippen LogP contribution is -1.93. The fourth-order valence-corrected chi connectivity index (χ4v) is 11.2. The number of para-hydroxylation sites is 4. The lowest BCUT2D eigenvalue weighted by Gasteiger charge is -2.18. The third-order valence-electron chi connectivity index (χ3n) is 13.8.